The summed E-state index contributed by atoms with van der Waals surface area (Å²) in [6.45, 7) is 1.75. The van der Waals surface area contributed by atoms with Crippen molar-refractivity contribution in [1.82, 2.24) is 5.32 Å². The highest BCUT2D eigenvalue weighted by molar-refractivity contribution is 7.16. The maximum atomic E-state index is 11.7. The molecule has 1 aromatic carbocycles. The van der Waals surface area contributed by atoms with Crippen LogP contribution in [0.4, 0.5) is 0 Å². The normalized spacial score (nSPS) is 15.1. The van der Waals surface area contributed by atoms with Gasteiger partial charge in [-0.2, -0.15) is 0 Å². The van der Waals surface area contributed by atoms with Crippen molar-refractivity contribution in [3.8, 4) is 10.4 Å². The number of rotatable bonds is 7. The van der Waals surface area contributed by atoms with Crippen LogP contribution < -0.4 is 5.32 Å². The lowest BCUT2D eigenvalue weighted by Gasteiger charge is -2.12. The van der Waals surface area contributed by atoms with Gasteiger partial charge in [0, 0.05) is 21.9 Å². The lowest BCUT2D eigenvalue weighted by molar-refractivity contribution is -0.144. The molecule has 2 aromatic rings. The second kappa shape index (κ2) is 8.12. The lowest BCUT2D eigenvalue weighted by Crippen LogP contribution is -2.36. The van der Waals surface area contributed by atoms with Crippen LogP contribution in [0.1, 0.15) is 24.6 Å². The van der Waals surface area contributed by atoms with Crippen LogP contribution in [-0.4, -0.2) is 24.5 Å². The van der Waals surface area contributed by atoms with Gasteiger partial charge in [-0.25, -0.2) is 4.79 Å². The maximum Gasteiger partial charge on any atom is 0.331 e. The van der Waals surface area contributed by atoms with Gasteiger partial charge in [0.1, 0.15) is 0 Å². The van der Waals surface area contributed by atoms with Gasteiger partial charge < -0.3 is 10.1 Å². The van der Waals surface area contributed by atoms with E-state index in [1.165, 1.54) is 6.08 Å². The minimum absolute atomic E-state index is 0.157. The Morgan fingerprint density at radius 2 is 2.00 bits per heavy atom. The van der Waals surface area contributed by atoms with Crippen LogP contribution in [0.2, 0.25) is 0 Å². The number of carbonyl (C=O) groups excluding carboxylic acids is 2. The smallest absolute Gasteiger partial charge is 0.331 e. The van der Waals surface area contributed by atoms with Crippen LogP contribution in [0, 0.1) is 5.92 Å². The number of esters is 1. The number of benzene rings is 1. The third-order valence-electron chi connectivity index (χ3n) is 4.13. The minimum atomic E-state index is -0.510. The average molecular weight is 355 g/mol. The standard InChI is InChI=1S/C20H21NO3S/c1-14(15-7-8-15)21-19(22)13-24-20(23)12-10-17-9-11-18(25-17)16-5-3-2-4-6-16/h2-6,9-12,14-15H,7-8,13H2,1H3,(H,21,22)/b12-10+/t14-/m1/s1. The topological polar surface area (TPSA) is 55.4 Å². The van der Waals surface area contributed by atoms with E-state index in [-0.39, 0.29) is 18.6 Å². The molecule has 0 saturated heterocycles. The number of hydrogen-bond acceptors (Lipinski definition) is 4. The molecule has 0 spiro atoms. The Kier molecular flexibility index (Phi) is 5.66. The summed E-state index contributed by atoms with van der Waals surface area (Å²) in [7, 11) is 0. The average Bonchev–Trinajstić information content (AvgIpc) is 3.37. The number of amides is 1. The Bertz CT molecular complexity index is 762. The van der Waals surface area contributed by atoms with E-state index < -0.39 is 5.97 Å². The molecule has 0 bridgehead atoms. The molecule has 1 aliphatic carbocycles. The number of ether oxygens (including phenoxy) is 1. The summed E-state index contributed by atoms with van der Waals surface area (Å²) < 4.78 is 4.98. The fraction of sp³-hybridized carbons (Fsp3) is 0.300. The predicted molar refractivity (Wildman–Crippen MR) is 100 cm³/mol. The molecule has 1 saturated carbocycles. The second-order valence-electron chi connectivity index (χ2n) is 6.20. The van der Waals surface area contributed by atoms with Crippen LogP contribution >= 0.6 is 11.3 Å². The number of thiophene rings is 1. The summed E-state index contributed by atoms with van der Waals surface area (Å²) in [5.41, 5.74) is 1.15. The molecule has 1 amide bonds. The molecule has 3 rings (SSSR count). The SMILES string of the molecule is C[C@@H](NC(=O)COC(=O)/C=C/c1ccc(-c2ccccc2)s1)C1CC1. The van der Waals surface area contributed by atoms with Gasteiger partial charge in [-0.3, -0.25) is 4.79 Å². The van der Waals surface area contributed by atoms with E-state index >= 15 is 0 Å². The van der Waals surface area contributed by atoms with Crippen LogP contribution in [-0.2, 0) is 14.3 Å². The van der Waals surface area contributed by atoms with Crippen LogP contribution in [0.5, 0.6) is 0 Å². The van der Waals surface area contributed by atoms with Crippen molar-refractivity contribution < 1.29 is 14.3 Å². The summed E-state index contributed by atoms with van der Waals surface area (Å²) >= 11 is 1.60. The summed E-state index contributed by atoms with van der Waals surface area (Å²) in [6.07, 6.45) is 5.40. The Labute approximate surface area is 151 Å². The third-order valence-corrected chi connectivity index (χ3v) is 5.23. The molecule has 25 heavy (non-hydrogen) atoms. The van der Waals surface area contributed by atoms with Crippen molar-refractivity contribution in [3.63, 3.8) is 0 Å². The highest BCUT2D eigenvalue weighted by Gasteiger charge is 2.28. The molecule has 1 N–H and O–H groups in total. The summed E-state index contributed by atoms with van der Waals surface area (Å²) in [5.74, 6) is -0.176. The zero-order valence-corrected chi connectivity index (χ0v) is 14.9. The molecular formula is C20H21NO3S. The van der Waals surface area contributed by atoms with Crippen molar-refractivity contribution in [1.29, 1.82) is 0 Å². The molecule has 5 heteroatoms. The van der Waals surface area contributed by atoms with Gasteiger partial charge in [-0.05, 0) is 49.5 Å². The Hall–Kier alpha value is -2.40. The second-order valence-corrected chi connectivity index (χ2v) is 7.32. The van der Waals surface area contributed by atoms with E-state index in [1.54, 1.807) is 17.4 Å². The summed E-state index contributed by atoms with van der Waals surface area (Å²) in [4.78, 5) is 25.6. The molecule has 1 aromatic heterocycles. The first-order chi connectivity index (χ1) is 12.1. The van der Waals surface area contributed by atoms with E-state index in [0.717, 1.165) is 28.2 Å². The Morgan fingerprint density at radius 3 is 2.72 bits per heavy atom. The largest absolute Gasteiger partial charge is 0.452 e. The fourth-order valence-electron chi connectivity index (χ4n) is 2.54. The summed E-state index contributed by atoms with van der Waals surface area (Å²) in [5, 5.41) is 2.85. The Balaban J connectivity index is 1.46. The molecule has 0 unspecified atom stereocenters. The molecule has 130 valence electrons. The van der Waals surface area contributed by atoms with E-state index in [4.69, 9.17) is 4.74 Å². The van der Waals surface area contributed by atoms with Gasteiger partial charge in [0.2, 0.25) is 0 Å². The highest BCUT2D eigenvalue weighted by atomic mass is 32.1. The van der Waals surface area contributed by atoms with Gasteiger partial charge in [0.05, 0.1) is 0 Å². The fourth-order valence-corrected chi connectivity index (χ4v) is 3.46. The Morgan fingerprint density at radius 1 is 1.24 bits per heavy atom. The first-order valence-corrected chi connectivity index (χ1v) is 9.23. The lowest BCUT2D eigenvalue weighted by atomic mass is 10.2. The van der Waals surface area contributed by atoms with Crippen LogP contribution in [0.25, 0.3) is 16.5 Å². The molecule has 1 aliphatic rings. The minimum Gasteiger partial charge on any atom is -0.452 e. The first kappa shape index (κ1) is 17.4. The highest BCUT2D eigenvalue weighted by Crippen LogP contribution is 2.32. The van der Waals surface area contributed by atoms with E-state index in [9.17, 15) is 9.59 Å². The summed E-state index contributed by atoms with van der Waals surface area (Å²) in [6, 6.07) is 14.2. The third kappa shape index (κ3) is 5.29. The quantitative estimate of drug-likeness (QED) is 0.606. The molecule has 4 nitrogen and oxygen atoms in total. The zero-order chi connectivity index (χ0) is 17.6. The molecule has 1 atom stereocenters. The van der Waals surface area contributed by atoms with Gasteiger partial charge >= 0.3 is 5.97 Å². The van der Waals surface area contributed by atoms with E-state index in [2.05, 4.69) is 17.4 Å². The predicted octanol–water partition coefficient (Wildman–Crippen LogP) is 3.89. The molecule has 1 heterocycles. The van der Waals surface area contributed by atoms with Gasteiger partial charge in [0.25, 0.3) is 5.91 Å². The van der Waals surface area contributed by atoms with Crippen LogP contribution in [0.3, 0.4) is 0 Å². The maximum absolute atomic E-state index is 11.7. The van der Waals surface area contributed by atoms with Crippen LogP contribution in [0.15, 0.2) is 48.5 Å². The van der Waals surface area contributed by atoms with Crippen molar-refractivity contribution in [2.24, 2.45) is 5.92 Å². The molecule has 0 aliphatic heterocycles. The van der Waals surface area contributed by atoms with Crippen molar-refractivity contribution >= 4 is 29.3 Å². The number of nitrogens with one attached hydrogen (secondary N) is 1. The van der Waals surface area contributed by atoms with Gasteiger partial charge in [-0.1, -0.05) is 30.3 Å². The zero-order valence-electron chi connectivity index (χ0n) is 14.1. The van der Waals surface area contributed by atoms with E-state index in [1.807, 2.05) is 37.3 Å². The molecular weight excluding hydrogens is 334 g/mol. The van der Waals surface area contributed by atoms with Crippen molar-refractivity contribution in [2.45, 2.75) is 25.8 Å². The number of carbonyl (C=O) groups is 2. The number of hydrogen-bond donors (Lipinski definition) is 1. The molecule has 1 fully saturated rings. The van der Waals surface area contributed by atoms with Gasteiger partial charge in [0.15, 0.2) is 6.61 Å². The first-order valence-electron chi connectivity index (χ1n) is 8.41. The van der Waals surface area contributed by atoms with Gasteiger partial charge in [-0.15, -0.1) is 11.3 Å². The molecule has 0 radical (unpaired) electrons. The van der Waals surface area contributed by atoms with Crippen molar-refractivity contribution in [3.05, 3.63) is 53.4 Å². The van der Waals surface area contributed by atoms with Crippen molar-refractivity contribution in [2.75, 3.05) is 6.61 Å². The monoisotopic (exact) mass is 355 g/mol. The van der Waals surface area contributed by atoms with E-state index in [0.29, 0.717) is 5.92 Å².